The van der Waals surface area contributed by atoms with E-state index in [4.69, 9.17) is 11.5 Å². The van der Waals surface area contributed by atoms with Crippen LogP contribution in [0.15, 0.2) is 30.3 Å². The highest BCUT2D eigenvalue weighted by molar-refractivity contribution is 7.80. The van der Waals surface area contributed by atoms with Crippen molar-refractivity contribution in [3.05, 3.63) is 35.9 Å². The second-order valence-electron chi connectivity index (χ2n) is 8.60. The van der Waals surface area contributed by atoms with E-state index in [2.05, 4.69) is 28.6 Å². The number of nitrogens with one attached hydrogen (secondary N) is 3. The van der Waals surface area contributed by atoms with Gasteiger partial charge in [0.15, 0.2) is 0 Å². The molecule has 0 saturated heterocycles. The third-order valence-corrected chi connectivity index (χ3v) is 6.18. The predicted molar refractivity (Wildman–Crippen MR) is 138 cm³/mol. The van der Waals surface area contributed by atoms with Crippen LogP contribution in [0.2, 0.25) is 0 Å². The Kier molecular flexibility index (Phi) is 14.0. The zero-order valence-corrected chi connectivity index (χ0v) is 21.3. The number of carbonyl (C=O) groups excluding carboxylic acids is 3. The van der Waals surface area contributed by atoms with E-state index in [0.717, 1.165) is 12.0 Å². The zero-order chi connectivity index (χ0) is 26.4. The van der Waals surface area contributed by atoms with Gasteiger partial charge in [0.2, 0.25) is 17.7 Å². The molecular weight excluding hydrogens is 470 g/mol. The van der Waals surface area contributed by atoms with Crippen LogP contribution in [0, 0.1) is 5.92 Å². The van der Waals surface area contributed by atoms with Crippen molar-refractivity contribution in [1.82, 2.24) is 16.0 Å². The molecule has 0 saturated carbocycles. The van der Waals surface area contributed by atoms with E-state index >= 15 is 0 Å². The van der Waals surface area contributed by atoms with Gasteiger partial charge in [-0.15, -0.1) is 0 Å². The average Bonchev–Trinajstić information content (AvgIpc) is 2.85. The lowest BCUT2D eigenvalue weighted by Crippen LogP contribution is -2.59. The number of nitrogens with two attached hydrogens (primary N) is 2. The Morgan fingerprint density at radius 1 is 0.971 bits per heavy atom. The molecule has 0 heterocycles. The minimum absolute atomic E-state index is 0.0605. The Balaban J connectivity index is 2.84. The van der Waals surface area contributed by atoms with Crippen LogP contribution in [0.5, 0.6) is 0 Å². The summed E-state index contributed by atoms with van der Waals surface area (Å²) < 4.78 is 0. The van der Waals surface area contributed by atoms with Crippen molar-refractivity contribution in [2.24, 2.45) is 17.4 Å². The van der Waals surface area contributed by atoms with Gasteiger partial charge >= 0.3 is 5.97 Å². The summed E-state index contributed by atoms with van der Waals surface area (Å²) in [6.07, 6.45) is 2.56. The van der Waals surface area contributed by atoms with Crippen molar-refractivity contribution in [3.63, 3.8) is 0 Å². The quantitative estimate of drug-likeness (QED) is 0.123. The Labute approximate surface area is 212 Å². The molecule has 0 aliphatic heterocycles. The van der Waals surface area contributed by atoms with Crippen molar-refractivity contribution in [2.75, 3.05) is 12.3 Å². The molecule has 8 N–H and O–H groups in total. The molecular formula is C24H39N5O5S. The van der Waals surface area contributed by atoms with Gasteiger partial charge in [0.25, 0.3) is 0 Å². The first-order valence-corrected chi connectivity index (χ1v) is 12.5. The van der Waals surface area contributed by atoms with Crippen molar-refractivity contribution >= 4 is 36.3 Å². The number of thiol groups is 1. The SMILES string of the molecule is CCC(C)C(NC(=O)C(N)CCCCN)C(=O)NC(CS)C(=O)NC(Cc1ccccc1)C(=O)O. The van der Waals surface area contributed by atoms with E-state index in [1.807, 2.05) is 13.0 Å². The molecule has 0 aliphatic carbocycles. The highest BCUT2D eigenvalue weighted by Crippen LogP contribution is 2.10. The zero-order valence-electron chi connectivity index (χ0n) is 20.4. The molecule has 3 amide bonds. The van der Waals surface area contributed by atoms with Crippen LogP contribution in [0.25, 0.3) is 0 Å². The van der Waals surface area contributed by atoms with Gasteiger partial charge in [-0.1, -0.05) is 57.0 Å². The molecule has 5 unspecified atom stereocenters. The number of carboxylic acids is 1. The maximum Gasteiger partial charge on any atom is 0.326 e. The lowest BCUT2D eigenvalue weighted by molar-refractivity contribution is -0.142. The topological polar surface area (TPSA) is 177 Å². The minimum atomic E-state index is -1.19. The molecule has 0 bridgehead atoms. The summed E-state index contributed by atoms with van der Waals surface area (Å²) in [5.41, 5.74) is 12.2. The fourth-order valence-electron chi connectivity index (χ4n) is 3.38. The van der Waals surface area contributed by atoms with Crippen LogP contribution in [0.3, 0.4) is 0 Å². The summed E-state index contributed by atoms with van der Waals surface area (Å²) in [4.78, 5) is 50.1. The van der Waals surface area contributed by atoms with Crippen molar-refractivity contribution in [3.8, 4) is 0 Å². The molecule has 1 rings (SSSR count). The number of amides is 3. The average molecular weight is 510 g/mol. The largest absolute Gasteiger partial charge is 0.480 e. The standard InChI is InChI=1S/C24H39N5O5S/c1-3-15(2)20(29-21(30)17(26)11-7-8-12-25)23(32)28-19(14-35)22(31)27-18(24(33)34)13-16-9-5-4-6-10-16/h4-6,9-10,15,17-20,35H,3,7-8,11-14,25-26H2,1-2H3,(H,27,31)(H,28,32)(H,29,30)(H,33,34). The number of hydrogen-bond donors (Lipinski definition) is 7. The van der Waals surface area contributed by atoms with E-state index in [0.29, 0.717) is 25.8 Å². The Morgan fingerprint density at radius 2 is 1.60 bits per heavy atom. The van der Waals surface area contributed by atoms with Crippen LogP contribution in [-0.4, -0.2) is 65.3 Å². The molecule has 0 radical (unpaired) electrons. The number of benzene rings is 1. The maximum absolute atomic E-state index is 13.0. The second kappa shape index (κ2) is 16.1. The number of carboxylic acid groups (broad SMARTS) is 1. The molecule has 1 aromatic rings. The van der Waals surface area contributed by atoms with Crippen LogP contribution < -0.4 is 27.4 Å². The van der Waals surface area contributed by atoms with Crippen LogP contribution >= 0.6 is 12.6 Å². The lowest BCUT2D eigenvalue weighted by Gasteiger charge is -2.27. The molecule has 5 atom stereocenters. The van der Waals surface area contributed by atoms with Gasteiger partial charge in [0.05, 0.1) is 6.04 Å². The Hall–Kier alpha value is -2.63. The van der Waals surface area contributed by atoms with Crippen LogP contribution in [0.1, 0.15) is 45.1 Å². The third kappa shape index (κ3) is 10.7. The van der Waals surface area contributed by atoms with Gasteiger partial charge in [-0.05, 0) is 30.9 Å². The molecule has 11 heteroatoms. The summed E-state index contributed by atoms with van der Waals surface area (Å²) in [5, 5.41) is 17.3. The number of carbonyl (C=O) groups is 4. The summed E-state index contributed by atoms with van der Waals surface area (Å²) >= 11 is 4.16. The van der Waals surface area contributed by atoms with E-state index in [-0.39, 0.29) is 18.1 Å². The molecule has 0 aliphatic rings. The Morgan fingerprint density at radius 3 is 2.14 bits per heavy atom. The van der Waals surface area contributed by atoms with E-state index < -0.39 is 47.9 Å². The molecule has 35 heavy (non-hydrogen) atoms. The first kappa shape index (κ1) is 30.4. The van der Waals surface area contributed by atoms with Crippen LogP contribution in [-0.2, 0) is 25.6 Å². The summed E-state index contributed by atoms with van der Waals surface area (Å²) in [5.74, 6) is -3.18. The van der Waals surface area contributed by atoms with Gasteiger partial charge in [-0.2, -0.15) is 12.6 Å². The van der Waals surface area contributed by atoms with Crippen molar-refractivity contribution < 1.29 is 24.3 Å². The fourth-order valence-corrected chi connectivity index (χ4v) is 3.64. The molecule has 0 aromatic heterocycles. The van der Waals surface area contributed by atoms with Crippen molar-refractivity contribution in [1.29, 1.82) is 0 Å². The van der Waals surface area contributed by atoms with Gasteiger partial charge in [-0.3, -0.25) is 14.4 Å². The number of hydrogen-bond acceptors (Lipinski definition) is 7. The fraction of sp³-hybridized carbons (Fsp3) is 0.583. The smallest absolute Gasteiger partial charge is 0.326 e. The second-order valence-corrected chi connectivity index (χ2v) is 8.96. The number of rotatable bonds is 16. The van der Waals surface area contributed by atoms with Gasteiger partial charge < -0.3 is 32.5 Å². The number of aliphatic carboxylic acids is 1. The van der Waals surface area contributed by atoms with E-state index in [9.17, 15) is 24.3 Å². The summed E-state index contributed by atoms with van der Waals surface area (Å²) in [7, 11) is 0. The molecule has 0 fully saturated rings. The first-order valence-electron chi connectivity index (χ1n) is 11.9. The molecule has 196 valence electrons. The lowest BCUT2D eigenvalue weighted by atomic mass is 9.97. The van der Waals surface area contributed by atoms with Crippen LogP contribution in [0.4, 0.5) is 0 Å². The molecule has 1 aromatic carbocycles. The maximum atomic E-state index is 13.0. The van der Waals surface area contributed by atoms with Gasteiger partial charge in [-0.25, -0.2) is 4.79 Å². The Bertz CT molecular complexity index is 826. The summed E-state index contributed by atoms with van der Waals surface area (Å²) in [6, 6.07) is 4.93. The normalized spacial score (nSPS) is 15.2. The highest BCUT2D eigenvalue weighted by atomic mass is 32.1. The molecule has 0 spiro atoms. The van der Waals surface area contributed by atoms with Gasteiger partial charge in [0, 0.05) is 12.2 Å². The minimum Gasteiger partial charge on any atom is -0.480 e. The van der Waals surface area contributed by atoms with E-state index in [1.54, 1.807) is 31.2 Å². The first-order chi connectivity index (χ1) is 16.6. The number of unbranched alkanes of at least 4 members (excludes halogenated alkanes) is 1. The predicted octanol–water partition coefficient (Wildman–Crippen LogP) is 0.200. The third-order valence-electron chi connectivity index (χ3n) is 5.81. The van der Waals surface area contributed by atoms with Gasteiger partial charge in [0.1, 0.15) is 18.1 Å². The molecule has 10 nitrogen and oxygen atoms in total. The highest BCUT2D eigenvalue weighted by Gasteiger charge is 2.32. The van der Waals surface area contributed by atoms with Crippen molar-refractivity contribution in [2.45, 2.75) is 70.1 Å². The summed E-state index contributed by atoms with van der Waals surface area (Å²) in [6.45, 7) is 4.19. The monoisotopic (exact) mass is 509 g/mol. The van der Waals surface area contributed by atoms with E-state index in [1.165, 1.54) is 0 Å².